The van der Waals surface area contributed by atoms with Crippen molar-refractivity contribution in [1.82, 2.24) is 10.2 Å². The number of hydrogen-bond donors (Lipinski definition) is 1. The van der Waals surface area contributed by atoms with Gasteiger partial charge >= 0.3 is 0 Å². The van der Waals surface area contributed by atoms with Crippen molar-refractivity contribution in [3.8, 4) is 11.5 Å². The number of nitrogens with zero attached hydrogens (tertiary/aromatic N) is 1. The molecule has 1 aromatic rings. The normalized spacial score (nSPS) is 12.4. The van der Waals surface area contributed by atoms with Gasteiger partial charge in [-0.3, -0.25) is 9.69 Å². The summed E-state index contributed by atoms with van der Waals surface area (Å²) in [5, 5.41) is 2.92. The smallest absolute Gasteiger partial charge is 0.237 e. The molecule has 1 N–H and O–H groups in total. The van der Waals surface area contributed by atoms with Crippen LogP contribution in [-0.4, -0.2) is 44.2 Å². The molecule has 1 amide bonds. The van der Waals surface area contributed by atoms with Crippen LogP contribution in [0.15, 0.2) is 18.2 Å². The third-order valence-electron chi connectivity index (χ3n) is 3.35. The standard InChI is InChI=1S/C16H26N2O3/c1-11(2)17-16(19)12(3)18(4)10-13-7-8-14(20-5)15(9-13)21-6/h7-9,11-12H,10H2,1-6H3,(H,17,19)/t12-/m1/s1. The summed E-state index contributed by atoms with van der Waals surface area (Å²) in [6, 6.07) is 5.74. The van der Waals surface area contributed by atoms with Crippen molar-refractivity contribution in [2.24, 2.45) is 0 Å². The van der Waals surface area contributed by atoms with Crippen LogP contribution in [0.5, 0.6) is 11.5 Å². The fourth-order valence-corrected chi connectivity index (χ4v) is 2.01. The highest BCUT2D eigenvalue weighted by molar-refractivity contribution is 5.81. The highest BCUT2D eigenvalue weighted by atomic mass is 16.5. The Hall–Kier alpha value is -1.75. The lowest BCUT2D eigenvalue weighted by Gasteiger charge is -2.25. The lowest BCUT2D eigenvalue weighted by molar-refractivity contribution is -0.126. The topological polar surface area (TPSA) is 50.8 Å². The van der Waals surface area contributed by atoms with E-state index < -0.39 is 0 Å². The first kappa shape index (κ1) is 17.3. The number of likely N-dealkylation sites (N-methyl/N-ethyl adjacent to an activating group) is 1. The summed E-state index contributed by atoms with van der Waals surface area (Å²) in [5.41, 5.74) is 1.07. The van der Waals surface area contributed by atoms with E-state index in [2.05, 4.69) is 5.32 Å². The summed E-state index contributed by atoms with van der Waals surface area (Å²) in [7, 11) is 5.16. The van der Waals surface area contributed by atoms with Crippen molar-refractivity contribution in [2.75, 3.05) is 21.3 Å². The quantitative estimate of drug-likeness (QED) is 0.836. The molecule has 5 nitrogen and oxygen atoms in total. The first-order valence-electron chi connectivity index (χ1n) is 7.10. The molecule has 1 rings (SSSR count). The van der Waals surface area contributed by atoms with E-state index in [0.717, 1.165) is 5.56 Å². The molecule has 0 saturated heterocycles. The van der Waals surface area contributed by atoms with E-state index in [0.29, 0.717) is 18.0 Å². The van der Waals surface area contributed by atoms with Gasteiger partial charge in [0.05, 0.1) is 20.3 Å². The summed E-state index contributed by atoms with van der Waals surface area (Å²) in [4.78, 5) is 14.0. The Morgan fingerprint density at radius 2 is 1.81 bits per heavy atom. The Kier molecular flexibility index (Phi) is 6.49. The molecule has 1 atom stereocenters. The van der Waals surface area contributed by atoms with Crippen molar-refractivity contribution in [3.63, 3.8) is 0 Å². The SMILES string of the molecule is COc1ccc(CN(C)[C@H](C)C(=O)NC(C)C)cc1OC. The van der Waals surface area contributed by atoms with Crippen LogP contribution in [-0.2, 0) is 11.3 Å². The van der Waals surface area contributed by atoms with E-state index in [-0.39, 0.29) is 18.0 Å². The van der Waals surface area contributed by atoms with Crippen molar-refractivity contribution < 1.29 is 14.3 Å². The summed E-state index contributed by atoms with van der Waals surface area (Å²) >= 11 is 0. The number of hydrogen-bond acceptors (Lipinski definition) is 4. The van der Waals surface area contributed by atoms with E-state index in [1.165, 1.54) is 0 Å². The molecule has 0 bridgehead atoms. The predicted molar refractivity (Wildman–Crippen MR) is 83.8 cm³/mol. The van der Waals surface area contributed by atoms with E-state index in [1.807, 2.05) is 50.9 Å². The van der Waals surface area contributed by atoms with Crippen molar-refractivity contribution in [1.29, 1.82) is 0 Å². The Morgan fingerprint density at radius 3 is 2.33 bits per heavy atom. The summed E-state index contributed by atoms with van der Waals surface area (Å²) in [5.74, 6) is 1.44. The van der Waals surface area contributed by atoms with Gasteiger partial charge in [-0.25, -0.2) is 0 Å². The third-order valence-corrected chi connectivity index (χ3v) is 3.35. The maximum absolute atomic E-state index is 12.0. The van der Waals surface area contributed by atoms with Gasteiger partial charge in [-0.05, 0) is 45.5 Å². The number of carbonyl (C=O) groups is 1. The third kappa shape index (κ3) is 4.93. The molecule has 5 heteroatoms. The predicted octanol–water partition coefficient (Wildman–Crippen LogP) is 2.05. The molecule has 0 aliphatic heterocycles. The largest absolute Gasteiger partial charge is 0.493 e. The molecule has 1 aromatic carbocycles. The van der Waals surface area contributed by atoms with Gasteiger partial charge in [0.1, 0.15) is 0 Å². The van der Waals surface area contributed by atoms with Gasteiger partial charge in [0.25, 0.3) is 0 Å². The maximum Gasteiger partial charge on any atom is 0.237 e. The zero-order valence-corrected chi connectivity index (χ0v) is 13.8. The minimum atomic E-state index is -0.194. The van der Waals surface area contributed by atoms with Gasteiger partial charge in [-0.15, -0.1) is 0 Å². The Morgan fingerprint density at radius 1 is 1.19 bits per heavy atom. The zero-order chi connectivity index (χ0) is 16.0. The second-order valence-corrected chi connectivity index (χ2v) is 5.44. The molecule has 0 radical (unpaired) electrons. The molecule has 0 heterocycles. The average molecular weight is 294 g/mol. The first-order chi connectivity index (χ1) is 9.88. The van der Waals surface area contributed by atoms with Crippen LogP contribution >= 0.6 is 0 Å². The van der Waals surface area contributed by atoms with Crippen molar-refractivity contribution in [3.05, 3.63) is 23.8 Å². The lowest BCUT2D eigenvalue weighted by Crippen LogP contribution is -2.45. The number of methoxy groups -OCH3 is 2. The first-order valence-corrected chi connectivity index (χ1v) is 7.10. The van der Waals surface area contributed by atoms with Gasteiger partial charge in [0.15, 0.2) is 11.5 Å². The fraction of sp³-hybridized carbons (Fsp3) is 0.562. The van der Waals surface area contributed by atoms with Crippen LogP contribution in [0.25, 0.3) is 0 Å². The van der Waals surface area contributed by atoms with E-state index in [1.54, 1.807) is 14.2 Å². The van der Waals surface area contributed by atoms with E-state index in [9.17, 15) is 4.79 Å². The number of nitrogens with one attached hydrogen (secondary N) is 1. The van der Waals surface area contributed by atoms with Crippen LogP contribution in [0.1, 0.15) is 26.3 Å². The molecule has 0 aromatic heterocycles. The second-order valence-electron chi connectivity index (χ2n) is 5.44. The van der Waals surface area contributed by atoms with Crippen LogP contribution < -0.4 is 14.8 Å². The maximum atomic E-state index is 12.0. The molecule has 21 heavy (non-hydrogen) atoms. The molecule has 0 fully saturated rings. The van der Waals surface area contributed by atoms with Crippen LogP contribution in [0.2, 0.25) is 0 Å². The number of carbonyl (C=O) groups excluding carboxylic acids is 1. The summed E-state index contributed by atoms with van der Waals surface area (Å²) in [6.07, 6.45) is 0. The lowest BCUT2D eigenvalue weighted by atomic mass is 10.1. The van der Waals surface area contributed by atoms with Gasteiger partial charge < -0.3 is 14.8 Å². The summed E-state index contributed by atoms with van der Waals surface area (Å²) < 4.78 is 10.5. The Balaban J connectivity index is 2.74. The van der Waals surface area contributed by atoms with Gasteiger partial charge in [0, 0.05) is 12.6 Å². The van der Waals surface area contributed by atoms with Crippen molar-refractivity contribution in [2.45, 2.75) is 39.4 Å². The molecular weight excluding hydrogens is 268 g/mol. The number of ether oxygens (including phenoxy) is 2. The Bertz CT molecular complexity index is 475. The van der Waals surface area contributed by atoms with Crippen LogP contribution in [0, 0.1) is 0 Å². The van der Waals surface area contributed by atoms with Gasteiger partial charge in [-0.2, -0.15) is 0 Å². The minimum Gasteiger partial charge on any atom is -0.493 e. The molecular formula is C16H26N2O3. The number of rotatable bonds is 7. The van der Waals surface area contributed by atoms with E-state index in [4.69, 9.17) is 9.47 Å². The van der Waals surface area contributed by atoms with E-state index >= 15 is 0 Å². The zero-order valence-electron chi connectivity index (χ0n) is 13.8. The molecule has 118 valence electrons. The summed E-state index contributed by atoms with van der Waals surface area (Å²) in [6.45, 7) is 6.48. The molecule has 0 unspecified atom stereocenters. The molecule has 0 aliphatic rings. The van der Waals surface area contributed by atoms with Crippen molar-refractivity contribution >= 4 is 5.91 Å². The molecule has 0 spiro atoms. The fourth-order valence-electron chi connectivity index (χ4n) is 2.01. The number of amides is 1. The van der Waals surface area contributed by atoms with Crippen LogP contribution in [0.3, 0.4) is 0 Å². The van der Waals surface area contributed by atoms with Gasteiger partial charge in [0.2, 0.25) is 5.91 Å². The second kappa shape index (κ2) is 7.88. The molecule has 0 saturated carbocycles. The van der Waals surface area contributed by atoms with Crippen LogP contribution in [0.4, 0.5) is 0 Å². The Labute approximate surface area is 127 Å². The highest BCUT2D eigenvalue weighted by Crippen LogP contribution is 2.28. The highest BCUT2D eigenvalue weighted by Gasteiger charge is 2.19. The van der Waals surface area contributed by atoms with Gasteiger partial charge in [-0.1, -0.05) is 6.07 Å². The average Bonchev–Trinajstić information content (AvgIpc) is 2.45. The monoisotopic (exact) mass is 294 g/mol. The number of benzene rings is 1. The minimum absolute atomic E-state index is 0.0352. The molecule has 0 aliphatic carbocycles.